The lowest BCUT2D eigenvalue weighted by molar-refractivity contribution is -0.713. The van der Waals surface area contributed by atoms with Crippen LogP contribution in [0.1, 0.15) is 18.6 Å². The molecule has 0 radical (unpaired) electrons. The van der Waals surface area contributed by atoms with Crippen LogP contribution in [-0.4, -0.2) is 21.2 Å². The van der Waals surface area contributed by atoms with Gasteiger partial charge in [-0.05, 0) is 29.3 Å². The molecule has 0 amide bonds. The summed E-state index contributed by atoms with van der Waals surface area (Å²) in [5, 5.41) is 11.9. The number of hydrogen-bond donors (Lipinski definition) is 0. The van der Waals surface area contributed by atoms with Crippen LogP contribution in [-0.2, 0) is 11.3 Å². The summed E-state index contributed by atoms with van der Waals surface area (Å²) in [4.78, 5) is 18.9. The molecule has 0 aliphatic carbocycles. The smallest absolute Gasteiger partial charge is 0.302 e. The molecule has 0 aliphatic heterocycles. The fraction of sp³-hybridized carbons (Fsp3) is 0.235. The topological polar surface area (TPSA) is 79.4 Å². The van der Waals surface area contributed by atoms with Crippen molar-refractivity contribution in [1.82, 2.24) is 9.55 Å². The largest absolute Gasteiger partial charge is 0.372 e. The second-order valence-corrected chi connectivity index (χ2v) is 5.23. The molecule has 0 spiro atoms. The van der Waals surface area contributed by atoms with Gasteiger partial charge in [0, 0.05) is 19.0 Å². The molecule has 124 valence electrons. The Bertz CT molecular complexity index is 846. The van der Waals surface area contributed by atoms with Crippen molar-refractivity contribution in [2.75, 3.05) is 6.61 Å². The van der Waals surface area contributed by atoms with E-state index in [1.54, 1.807) is 10.8 Å². The van der Waals surface area contributed by atoms with Gasteiger partial charge in [0.25, 0.3) is 6.01 Å². The second-order valence-electron chi connectivity index (χ2n) is 5.23. The van der Waals surface area contributed by atoms with Crippen LogP contribution < -0.4 is 4.84 Å². The van der Waals surface area contributed by atoms with E-state index in [1.807, 2.05) is 43.3 Å². The second kappa shape index (κ2) is 7.10. The summed E-state index contributed by atoms with van der Waals surface area (Å²) >= 11 is 0. The predicted molar refractivity (Wildman–Crippen MR) is 88.2 cm³/mol. The first-order valence-corrected chi connectivity index (χ1v) is 7.61. The molecule has 0 N–H and O–H groups in total. The average molecular weight is 327 g/mol. The lowest BCUT2D eigenvalue weighted by atomic mass is 10.0. The van der Waals surface area contributed by atoms with Crippen LogP contribution in [0.3, 0.4) is 0 Å². The number of hydrogen-bond acceptors (Lipinski definition) is 5. The van der Waals surface area contributed by atoms with Crippen molar-refractivity contribution in [3.8, 4) is 6.01 Å². The fourth-order valence-corrected chi connectivity index (χ4v) is 2.64. The first-order valence-electron chi connectivity index (χ1n) is 7.61. The van der Waals surface area contributed by atoms with E-state index in [-0.39, 0.29) is 12.1 Å². The van der Waals surface area contributed by atoms with Crippen molar-refractivity contribution in [1.29, 1.82) is 0 Å². The highest BCUT2D eigenvalue weighted by Gasteiger charge is 2.16. The van der Waals surface area contributed by atoms with Gasteiger partial charge in [0.15, 0.2) is 0 Å². The molecule has 0 aliphatic rings. The maximum atomic E-state index is 10.5. The van der Waals surface area contributed by atoms with Crippen LogP contribution in [0.4, 0.5) is 0 Å². The third kappa shape index (κ3) is 3.52. The zero-order valence-corrected chi connectivity index (χ0v) is 13.2. The average Bonchev–Trinajstić information content (AvgIpc) is 3.00. The van der Waals surface area contributed by atoms with E-state index in [2.05, 4.69) is 15.9 Å². The summed E-state index contributed by atoms with van der Waals surface area (Å²) < 4.78 is 7.40. The summed E-state index contributed by atoms with van der Waals surface area (Å²) in [7, 11) is 0. The van der Waals surface area contributed by atoms with E-state index in [9.17, 15) is 10.1 Å². The van der Waals surface area contributed by atoms with Gasteiger partial charge in [0.1, 0.15) is 6.10 Å². The predicted octanol–water partition coefficient (Wildman–Crippen LogP) is 3.38. The molecule has 24 heavy (non-hydrogen) atoms. The van der Waals surface area contributed by atoms with E-state index < -0.39 is 5.09 Å². The highest BCUT2D eigenvalue weighted by molar-refractivity contribution is 5.83. The van der Waals surface area contributed by atoms with Gasteiger partial charge in [0.2, 0.25) is 0 Å². The van der Waals surface area contributed by atoms with Gasteiger partial charge in [-0.2, -0.15) is 0 Å². The first-order chi connectivity index (χ1) is 11.7. The monoisotopic (exact) mass is 327 g/mol. The Balaban J connectivity index is 1.88. The molecule has 1 heterocycles. The number of benzene rings is 2. The van der Waals surface area contributed by atoms with E-state index in [0.29, 0.717) is 13.2 Å². The summed E-state index contributed by atoms with van der Waals surface area (Å²) in [5.41, 5.74) is 0.997. The lowest BCUT2D eigenvalue weighted by Gasteiger charge is -2.19. The Morgan fingerprint density at radius 2 is 2.04 bits per heavy atom. The van der Waals surface area contributed by atoms with Crippen molar-refractivity contribution in [3.05, 3.63) is 70.5 Å². The molecule has 0 saturated carbocycles. The normalized spacial score (nSPS) is 12.2. The highest BCUT2D eigenvalue weighted by atomic mass is 17.0. The molecular weight excluding hydrogens is 310 g/mol. The molecule has 0 saturated heterocycles. The zero-order valence-electron chi connectivity index (χ0n) is 13.2. The van der Waals surface area contributed by atoms with Crippen LogP contribution >= 0.6 is 0 Å². The summed E-state index contributed by atoms with van der Waals surface area (Å²) in [6.45, 7) is 2.81. The van der Waals surface area contributed by atoms with Gasteiger partial charge in [-0.25, -0.2) is 9.82 Å². The number of fused-ring (bicyclic) bond motifs is 1. The van der Waals surface area contributed by atoms with Crippen LogP contribution in [0, 0.1) is 10.1 Å². The molecule has 0 fully saturated rings. The van der Waals surface area contributed by atoms with E-state index in [4.69, 9.17) is 4.74 Å². The Morgan fingerprint density at radius 1 is 1.25 bits per heavy atom. The molecule has 0 bridgehead atoms. The van der Waals surface area contributed by atoms with Crippen molar-refractivity contribution in [2.45, 2.75) is 19.6 Å². The van der Waals surface area contributed by atoms with Crippen molar-refractivity contribution >= 4 is 10.8 Å². The van der Waals surface area contributed by atoms with Gasteiger partial charge in [-0.1, -0.05) is 36.4 Å². The number of ether oxygens (including phenoxy) is 1. The molecule has 7 heteroatoms. The molecular formula is C17H17N3O4. The molecule has 1 aromatic heterocycles. The zero-order chi connectivity index (χ0) is 16.9. The molecule has 7 nitrogen and oxygen atoms in total. The van der Waals surface area contributed by atoms with Crippen LogP contribution in [0.5, 0.6) is 6.01 Å². The van der Waals surface area contributed by atoms with Crippen LogP contribution in [0.2, 0.25) is 0 Å². The number of rotatable bonds is 7. The van der Waals surface area contributed by atoms with Crippen LogP contribution in [0.25, 0.3) is 10.8 Å². The minimum Gasteiger partial charge on any atom is -0.372 e. The molecule has 1 atom stereocenters. The fourth-order valence-electron chi connectivity index (χ4n) is 2.64. The summed E-state index contributed by atoms with van der Waals surface area (Å²) in [6.07, 6.45) is 2.83. The Labute approximate surface area is 138 Å². The summed E-state index contributed by atoms with van der Waals surface area (Å²) in [6, 6.07) is 14.1. The van der Waals surface area contributed by atoms with E-state index in [0.717, 1.165) is 16.3 Å². The third-order valence-corrected chi connectivity index (χ3v) is 3.71. The van der Waals surface area contributed by atoms with Gasteiger partial charge < -0.3 is 9.30 Å². The maximum absolute atomic E-state index is 10.5. The first kappa shape index (κ1) is 15.9. The molecule has 3 aromatic rings. The molecule has 2 aromatic carbocycles. The SMILES string of the molecule is CCOC(Cn1ccnc1O[N+](=O)[O-])c1ccc2ccccc2c1. The van der Waals surface area contributed by atoms with Gasteiger partial charge in [0.05, 0.1) is 6.54 Å². The van der Waals surface area contributed by atoms with Crippen molar-refractivity contribution in [3.63, 3.8) is 0 Å². The quantitative estimate of drug-likeness (QED) is 0.491. The summed E-state index contributed by atoms with van der Waals surface area (Å²) in [5.74, 6) is 0. The van der Waals surface area contributed by atoms with Crippen molar-refractivity contribution in [2.24, 2.45) is 0 Å². The molecule has 3 rings (SSSR count). The van der Waals surface area contributed by atoms with E-state index >= 15 is 0 Å². The Morgan fingerprint density at radius 3 is 2.79 bits per heavy atom. The van der Waals surface area contributed by atoms with Gasteiger partial charge >= 0.3 is 5.09 Å². The van der Waals surface area contributed by atoms with Crippen LogP contribution in [0.15, 0.2) is 54.9 Å². The minimum absolute atomic E-state index is 0.0644. The third-order valence-electron chi connectivity index (χ3n) is 3.71. The Hall–Kier alpha value is -2.93. The number of aromatic nitrogens is 2. The van der Waals surface area contributed by atoms with E-state index in [1.165, 1.54) is 6.20 Å². The van der Waals surface area contributed by atoms with Crippen molar-refractivity contribution < 1.29 is 14.7 Å². The lowest BCUT2D eigenvalue weighted by Crippen LogP contribution is -2.15. The molecule has 1 unspecified atom stereocenters. The maximum Gasteiger partial charge on any atom is 0.302 e. The highest BCUT2D eigenvalue weighted by Crippen LogP contribution is 2.25. The Kier molecular flexibility index (Phi) is 4.72. The standard InChI is InChI=1S/C17H17N3O4/c1-2-23-16(12-19-10-9-18-17(19)24-20(21)22)15-8-7-13-5-3-4-6-14(13)11-15/h3-11,16H,2,12H2,1H3. The van der Waals surface area contributed by atoms with Gasteiger partial charge in [-0.3, -0.25) is 0 Å². The number of imidazole rings is 1. The van der Waals surface area contributed by atoms with Gasteiger partial charge in [-0.15, -0.1) is 10.1 Å². The number of nitrogens with zero attached hydrogens (tertiary/aromatic N) is 3. The minimum atomic E-state index is -0.870.